The lowest BCUT2D eigenvalue weighted by atomic mass is 10.4. The van der Waals surface area contributed by atoms with Crippen molar-refractivity contribution in [2.45, 2.75) is 20.4 Å². The summed E-state index contributed by atoms with van der Waals surface area (Å²) >= 11 is 0. The van der Waals surface area contributed by atoms with E-state index in [2.05, 4.69) is 25.3 Å². The maximum absolute atomic E-state index is 5.09. The number of anilines is 1. The number of methoxy groups -OCH3 is 1. The first-order valence-electron chi connectivity index (χ1n) is 5.59. The number of rotatable bonds is 4. The Bertz CT molecular complexity index is 544. The van der Waals surface area contributed by atoms with Gasteiger partial charge in [-0.2, -0.15) is 4.98 Å². The van der Waals surface area contributed by atoms with Crippen molar-refractivity contribution in [3.8, 4) is 5.88 Å². The molecule has 2 aromatic rings. The maximum Gasteiger partial charge on any atom is 0.218 e. The highest BCUT2D eigenvalue weighted by molar-refractivity contribution is 5.38. The van der Waals surface area contributed by atoms with Crippen LogP contribution in [-0.2, 0) is 6.54 Å². The summed E-state index contributed by atoms with van der Waals surface area (Å²) < 4.78 is 5.09. The molecule has 0 amide bonds. The number of ether oxygens (including phenoxy) is 1. The predicted octanol–water partition coefficient (Wildman–Crippen LogP) is 1.50. The van der Waals surface area contributed by atoms with E-state index in [1.165, 1.54) is 0 Å². The van der Waals surface area contributed by atoms with Crippen LogP contribution in [0.15, 0.2) is 18.3 Å². The second-order valence-electron chi connectivity index (χ2n) is 3.79. The van der Waals surface area contributed by atoms with Crippen molar-refractivity contribution in [2.75, 3.05) is 12.4 Å². The van der Waals surface area contributed by atoms with Gasteiger partial charge in [-0.15, -0.1) is 0 Å². The van der Waals surface area contributed by atoms with E-state index < -0.39 is 0 Å². The Balaban J connectivity index is 2.08. The molecular weight excluding hydrogens is 230 g/mol. The Hall–Kier alpha value is -2.24. The molecule has 18 heavy (non-hydrogen) atoms. The van der Waals surface area contributed by atoms with Crippen molar-refractivity contribution >= 4 is 5.82 Å². The molecule has 0 unspecified atom stereocenters. The zero-order valence-corrected chi connectivity index (χ0v) is 10.6. The highest BCUT2D eigenvalue weighted by atomic mass is 16.5. The van der Waals surface area contributed by atoms with Gasteiger partial charge in [0, 0.05) is 12.3 Å². The number of aryl methyl sites for hydroxylation is 2. The molecule has 0 atom stereocenters. The first kappa shape index (κ1) is 12.2. The summed E-state index contributed by atoms with van der Waals surface area (Å²) in [6.07, 6.45) is 1.74. The first-order chi connectivity index (χ1) is 8.67. The van der Waals surface area contributed by atoms with Crippen LogP contribution in [0.5, 0.6) is 5.88 Å². The second kappa shape index (κ2) is 5.39. The normalized spacial score (nSPS) is 10.2. The standard InChI is InChI=1S/C12H15N5O/c1-8-13-5-4-10(15-8)7-14-11-6-12(18-3)17-9(2)16-11/h4-6H,7H2,1-3H3,(H,14,16,17). The number of nitrogens with one attached hydrogen (secondary N) is 1. The Labute approximate surface area is 105 Å². The molecule has 0 radical (unpaired) electrons. The Morgan fingerprint density at radius 1 is 1.17 bits per heavy atom. The molecule has 0 saturated carbocycles. The van der Waals surface area contributed by atoms with Gasteiger partial charge < -0.3 is 10.1 Å². The van der Waals surface area contributed by atoms with Crippen molar-refractivity contribution in [1.29, 1.82) is 0 Å². The molecule has 2 aromatic heterocycles. The predicted molar refractivity (Wildman–Crippen MR) is 67.4 cm³/mol. The summed E-state index contributed by atoms with van der Waals surface area (Å²) in [6.45, 7) is 4.27. The van der Waals surface area contributed by atoms with Crippen molar-refractivity contribution in [3.63, 3.8) is 0 Å². The molecular formula is C12H15N5O. The Kier molecular flexibility index (Phi) is 3.66. The summed E-state index contributed by atoms with van der Waals surface area (Å²) in [5, 5.41) is 3.18. The second-order valence-corrected chi connectivity index (χ2v) is 3.79. The number of hydrogen-bond acceptors (Lipinski definition) is 6. The quantitative estimate of drug-likeness (QED) is 0.880. The Morgan fingerprint density at radius 2 is 2.00 bits per heavy atom. The van der Waals surface area contributed by atoms with Crippen molar-refractivity contribution in [3.05, 3.63) is 35.7 Å². The molecule has 0 aliphatic rings. The molecule has 6 heteroatoms. The smallest absolute Gasteiger partial charge is 0.218 e. The molecule has 0 aromatic carbocycles. The highest BCUT2D eigenvalue weighted by Crippen LogP contribution is 2.13. The lowest BCUT2D eigenvalue weighted by Crippen LogP contribution is -2.06. The number of nitrogens with zero attached hydrogens (tertiary/aromatic N) is 4. The molecule has 0 saturated heterocycles. The number of aromatic nitrogens is 4. The summed E-state index contributed by atoms with van der Waals surface area (Å²) in [7, 11) is 1.58. The van der Waals surface area contributed by atoms with Gasteiger partial charge in [-0.1, -0.05) is 0 Å². The van der Waals surface area contributed by atoms with E-state index in [1.807, 2.05) is 19.9 Å². The molecule has 2 rings (SSSR count). The van der Waals surface area contributed by atoms with E-state index in [4.69, 9.17) is 4.74 Å². The average Bonchev–Trinajstić information content (AvgIpc) is 2.36. The monoisotopic (exact) mass is 245 g/mol. The molecule has 1 N–H and O–H groups in total. The fourth-order valence-electron chi connectivity index (χ4n) is 1.52. The summed E-state index contributed by atoms with van der Waals surface area (Å²) in [6, 6.07) is 3.62. The fourth-order valence-corrected chi connectivity index (χ4v) is 1.52. The SMILES string of the molecule is COc1cc(NCc2ccnc(C)n2)nc(C)n1. The van der Waals surface area contributed by atoms with Crippen LogP contribution in [0.1, 0.15) is 17.3 Å². The van der Waals surface area contributed by atoms with E-state index in [-0.39, 0.29) is 0 Å². The van der Waals surface area contributed by atoms with Gasteiger partial charge in [0.1, 0.15) is 17.5 Å². The minimum Gasteiger partial charge on any atom is -0.481 e. The van der Waals surface area contributed by atoms with Gasteiger partial charge in [-0.05, 0) is 19.9 Å². The maximum atomic E-state index is 5.09. The van der Waals surface area contributed by atoms with Gasteiger partial charge in [0.15, 0.2) is 0 Å². The average molecular weight is 245 g/mol. The lowest BCUT2D eigenvalue weighted by molar-refractivity contribution is 0.396. The van der Waals surface area contributed by atoms with Crippen molar-refractivity contribution in [1.82, 2.24) is 19.9 Å². The summed E-state index contributed by atoms with van der Waals surface area (Å²) in [5.74, 6) is 2.68. The van der Waals surface area contributed by atoms with Crippen molar-refractivity contribution < 1.29 is 4.74 Å². The third-order valence-corrected chi connectivity index (χ3v) is 2.31. The van der Waals surface area contributed by atoms with E-state index in [0.29, 0.717) is 18.2 Å². The third-order valence-electron chi connectivity index (χ3n) is 2.31. The van der Waals surface area contributed by atoms with Gasteiger partial charge in [0.05, 0.1) is 19.3 Å². The molecule has 94 valence electrons. The summed E-state index contributed by atoms with van der Waals surface area (Å²) in [5.41, 5.74) is 0.915. The molecule has 0 aliphatic carbocycles. The van der Waals surface area contributed by atoms with Gasteiger partial charge in [0.25, 0.3) is 0 Å². The van der Waals surface area contributed by atoms with Crippen LogP contribution in [0, 0.1) is 13.8 Å². The largest absolute Gasteiger partial charge is 0.481 e. The van der Waals surface area contributed by atoms with E-state index in [1.54, 1.807) is 19.4 Å². The molecule has 0 aliphatic heterocycles. The van der Waals surface area contributed by atoms with Crippen LogP contribution in [0.3, 0.4) is 0 Å². The lowest BCUT2D eigenvalue weighted by Gasteiger charge is -2.07. The van der Waals surface area contributed by atoms with Crippen molar-refractivity contribution in [2.24, 2.45) is 0 Å². The summed E-state index contributed by atoms with van der Waals surface area (Å²) in [4.78, 5) is 16.8. The highest BCUT2D eigenvalue weighted by Gasteiger charge is 2.02. The molecule has 6 nitrogen and oxygen atoms in total. The molecule has 0 fully saturated rings. The Morgan fingerprint density at radius 3 is 2.72 bits per heavy atom. The van der Waals surface area contributed by atoms with E-state index in [0.717, 1.165) is 17.3 Å². The van der Waals surface area contributed by atoms with Gasteiger partial charge in [-0.25, -0.2) is 15.0 Å². The minimum atomic E-state index is 0.545. The fraction of sp³-hybridized carbons (Fsp3) is 0.333. The minimum absolute atomic E-state index is 0.545. The molecule has 0 spiro atoms. The van der Waals surface area contributed by atoms with E-state index >= 15 is 0 Å². The van der Waals surface area contributed by atoms with Gasteiger partial charge in [-0.3, -0.25) is 0 Å². The zero-order valence-electron chi connectivity index (χ0n) is 10.6. The van der Waals surface area contributed by atoms with Gasteiger partial charge in [0.2, 0.25) is 5.88 Å². The van der Waals surface area contributed by atoms with Crippen LogP contribution < -0.4 is 10.1 Å². The number of hydrogen-bond donors (Lipinski definition) is 1. The molecule has 2 heterocycles. The molecule has 0 bridgehead atoms. The zero-order chi connectivity index (χ0) is 13.0. The van der Waals surface area contributed by atoms with Gasteiger partial charge >= 0.3 is 0 Å². The van der Waals surface area contributed by atoms with Crippen LogP contribution in [0.2, 0.25) is 0 Å². The third kappa shape index (κ3) is 3.13. The topological polar surface area (TPSA) is 72.8 Å². The first-order valence-corrected chi connectivity index (χ1v) is 5.59. The van der Waals surface area contributed by atoms with Crippen LogP contribution in [0.25, 0.3) is 0 Å². The van der Waals surface area contributed by atoms with Crippen LogP contribution >= 0.6 is 0 Å². The van der Waals surface area contributed by atoms with Crippen LogP contribution in [0.4, 0.5) is 5.82 Å². The van der Waals surface area contributed by atoms with Crippen LogP contribution in [-0.4, -0.2) is 27.0 Å². The van der Waals surface area contributed by atoms with E-state index in [9.17, 15) is 0 Å².